The van der Waals surface area contributed by atoms with Gasteiger partial charge in [0.1, 0.15) is 17.3 Å². The number of anilines is 3. The molecule has 0 aliphatic heterocycles. The van der Waals surface area contributed by atoms with E-state index in [0.29, 0.717) is 12.1 Å². The van der Waals surface area contributed by atoms with Crippen LogP contribution >= 0.6 is 0 Å². The molecule has 0 saturated heterocycles. The van der Waals surface area contributed by atoms with E-state index in [1.807, 2.05) is 0 Å². The molecule has 2 aromatic rings. The van der Waals surface area contributed by atoms with Crippen molar-refractivity contribution in [1.29, 1.82) is 0 Å². The predicted molar refractivity (Wildman–Crippen MR) is 72.9 cm³/mol. The van der Waals surface area contributed by atoms with Crippen LogP contribution in [0.4, 0.5) is 40.7 Å². The maximum Gasteiger partial charge on any atom is 0.433 e. The number of hydrogen-bond donors (Lipinski definition) is 2. The summed E-state index contributed by atoms with van der Waals surface area (Å²) in [5.74, 6) is -1.50. The van der Waals surface area contributed by atoms with Crippen molar-refractivity contribution in [2.24, 2.45) is 0 Å². The van der Waals surface area contributed by atoms with Gasteiger partial charge in [0.2, 0.25) is 5.95 Å². The number of alkyl halides is 3. The molecule has 1 aromatic carbocycles. The largest absolute Gasteiger partial charge is 0.433 e. The summed E-state index contributed by atoms with van der Waals surface area (Å²) in [6.07, 6.45) is -4.72. The molecule has 0 fully saturated rings. The summed E-state index contributed by atoms with van der Waals surface area (Å²) in [5, 5.41) is 15.6. The fourth-order valence-corrected chi connectivity index (χ4v) is 1.67. The first-order valence-electron chi connectivity index (χ1n) is 6.05. The van der Waals surface area contributed by atoms with Gasteiger partial charge in [-0.25, -0.2) is 9.37 Å². The van der Waals surface area contributed by atoms with Crippen LogP contribution in [0.5, 0.6) is 0 Å². The van der Waals surface area contributed by atoms with Crippen LogP contribution in [0, 0.1) is 15.9 Å². The highest BCUT2D eigenvalue weighted by atomic mass is 19.4. The molecule has 1 aromatic heterocycles. The Morgan fingerprint density at radius 3 is 2.48 bits per heavy atom. The minimum absolute atomic E-state index is 0.203. The maximum atomic E-state index is 13.1. The normalized spacial score (nSPS) is 11.2. The predicted octanol–water partition coefficient (Wildman–Crippen LogP) is 3.33. The zero-order valence-corrected chi connectivity index (χ0v) is 11.5. The van der Waals surface area contributed by atoms with Crippen LogP contribution in [-0.2, 0) is 6.18 Å². The number of nitrogens with one attached hydrogen (secondary N) is 2. The van der Waals surface area contributed by atoms with Crippen molar-refractivity contribution in [3.63, 3.8) is 0 Å². The lowest BCUT2D eigenvalue weighted by Gasteiger charge is -2.11. The minimum atomic E-state index is -4.72. The number of benzene rings is 1. The lowest BCUT2D eigenvalue weighted by molar-refractivity contribution is -0.384. The number of hydrogen-bond acceptors (Lipinski definition) is 6. The van der Waals surface area contributed by atoms with E-state index in [-0.39, 0.29) is 17.5 Å². The van der Waals surface area contributed by atoms with E-state index in [2.05, 4.69) is 20.6 Å². The van der Waals surface area contributed by atoms with E-state index < -0.39 is 28.3 Å². The summed E-state index contributed by atoms with van der Waals surface area (Å²) in [4.78, 5) is 17.0. The molecule has 7 nitrogen and oxygen atoms in total. The Morgan fingerprint density at radius 1 is 1.22 bits per heavy atom. The Balaban J connectivity index is 2.46. The molecule has 0 radical (unpaired) electrons. The van der Waals surface area contributed by atoms with E-state index in [4.69, 9.17) is 0 Å². The summed E-state index contributed by atoms with van der Waals surface area (Å²) < 4.78 is 51.4. The third-order valence-corrected chi connectivity index (χ3v) is 2.66. The SMILES string of the molecule is CNc1nc(Nc2ccc(F)cc2[N+](=O)[O-])cc(C(F)(F)F)n1. The first kappa shape index (κ1) is 16.4. The van der Waals surface area contributed by atoms with Gasteiger partial charge in [0.15, 0.2) is 5.69 Å². The smallest absolute Gasteiger partial charge is 0.357 e. The first-order valence-corrected chi connectivity index (χ1v) is 6.05. The minimum Gasteiger partial charge on any atom is -0.357 e. The van der Waals surface area contributed by atoms with Gasteiger partial charge in [-0.15, -0.1) is 0 Å². The third-order valence-electron chi connectivity index (χ3n) is 2.66. The van der Waals surface area contributed by atoms with E-state index in [1.54, 1.807) is 0 Å². The second-order valence-corrected chi connectivity index (χ2v) is 4.25. The van der Waals surface area contributed by atoms with Crippen molar-refractivity contribution < 1.29 is 22.5 Å². The Labute approximate surface area is 126 Å². The average Bonchev–Trinajstić information content (AvgIpc) is 2.47. The van der Waals surface area contributed by atoms with Crippen molar-refractivity contribution in [3.8, 4) is 0 Å². The Kier molecular flexibility index (Phi) is 4.29. The van der Waals surface area contributed by atoms with Crippen molar-refractivity contribution >= 4 is 23.1 Å². The molecule has 0 aliphatic carbocycles. The number of halogens is 4. The molecule has 0 saturated carbocycles. The molecule has 0 amide bonds. The molecule has 11 heteroatoms. The molecule has 1 heterocycles. The Hall–Kier alpha value is -2.98. The van der Waals surface area contributed by atoms with Crippen LogP contribution in [0.25, 0.3) is 0 Å². The summed E-state index contributed by atoms with van der Waals surface area (Å²) >= 11 is 0. The van der Waals surface area contributed by atoms with E-state index in [1.165, 1.54) is 7.05 Å². The Bertz CT molecular complexity index is 751. The van der Waals surface area contributed by atoms with Gasteiger partial charge in [-0.05, 0) is 12.1 Å². The highest BCUT2D eigenvalue weighted by Gasteiger charge is 2.33. The molecular weight excluding hydrogens is 322 g/mol. The van der Waals surface area contributed by atoms with Crippen LogP contribution < -0.4 is 10.6 Å². The monoisotopic (exact) mass is 331 g/mol. The molecular formula is C12H9F4N5O2. The number of nitro benzene ring substituents is 1. The van der Waals surface area contributed by atoms with Crippen LogP contribution in [0.3, 0.4) is 0 Å². The molecule has 0 bridgehead atoms. The average molecular weight is 331 g/mol. The summed E-state index contributed by atoms with van der Waals surface area (Å²) in [6.45, 7) is 0. The zero-order chi connectivity index (χ0) is 17.2. The van der Waals surface area contributed by atoms with Gasteiger partial charge in [-0.3, -0.25) is 10.1 Å². The zero-order valence-electron chi connectivity index (χ0n) is 11.5. The van der Waals surface area contributed by atoms with Crippen molar-refractivity contribution in [3.05, 3.63) is 45.9 Å². The third kappa shape index (κ3) is 3.81. The number of rotatable bonds is 4. The lowest BCUT2D eigenvalue weighted by Crippen LogP contribution is -2.12. The van der Waals surface area contributed by atoms with Gasteiger partial charge in [0.05, 0.1) is 11.0 Å². The standard InChI is InChI=1S/C12H9F4N5O2/c1-17-11-19-9(12(14,15)16)5-10(20-11)18-7-3-2-6(13)4-8(7)21(22)23/h2-5H,1H3,(H2,17,18,19,20). The highest BCUT2D eigenvalue weighted by molar-refractivity contribution is 5.68. The lowest BCUT2D eigenvalue weighted by atomic mass is 10.2. The Morgan fingerprint density at radius 2 is 1.91 bits per heavy atom. The van der Waals surface area contributed by atoms with E-state index >= 15 is 0 Å². The second kappa shape index (κ2) is 6.02. The number of nitro groups is 1. The van der Waals surface area contributed by atoms with Crippen LogP contribution in [0.15, 0.2) is 24.3 Å². The molecule has 2 N–H and O–H groups in total. The van der Waals surface area contributed by atoms with Gasteiger partial charge in [0.25, 0.3) is 5.69 Å². The van der Waals surface area contributed by atoms with Crippen LogP contribution in [0.2, 0.25) is 0 Å². The number of aromatic nitrogens is 2. The van der Waals surface area contributed by atoms with Gasteiger partial charge in [0, 0.05) is 13.1 Å². The topological polar surface area (TPSA) is 93.0 Å². The molecule has 0 unspecified atom stereocenters. The summed E-state index contributed by atoms with van der Waals surface area (Å²) in [7, 11) is 1.32. The van der Waals surface area contributed by atoms with Crippen molar-refractivity contribution in [2.45, 2.75) is 6.18 Å². The van der Waals surface area contributed by atoms with Gasteiger partial charge in [-0.1, -0.05) is 0 Å². The number of nitrogens with zero attached hydrogens (tertiary/aromatic N) is 3. The maximum absolute atomic E-state index is 13.1. The first-order chi connectivity index (χ1) is 10.7. The van der Waals surface area contributed by atoms with Gasteiger partial charge in [-0.2, -0.15) is 18.2 Å². The second-order valence-electron chi connectivity index (χ2n) is 4.25. The molecule has 0 spiro atoms. The molecule has 2 rings (SSSR count). The van der Waals surface area contributed by atoms with E-state index in [0.717, 1.165) is 12.1 Å². The van der Waals surface area contributed by atoms with Gasteiger partial charge >= 0.3 is 6.18 Å². The summed E-state index contributed by atoms with van der Waals surface area (Å²) in [6, 6.07) is 3.20. The molecule has 122 valence electrons. The van der Waals surface area contributed by atoms with Crippen LogP contribution in [0.1, 0.15) is 5.69 Å². The molecule has 0 aliphatic rings. The molecule has 23 heavy (non-hydrogen) atoms. The van der Waals surface area contributed by atoms with Crippen LogP contribution in [-0.4, -0.2) is 21.9 Å². The fraction of sp³-hybridized carbons (Fsp3) is 0.167. The van der Waals surface area contributed by atoms with Crippen molar-refractivity contribution in [2.75, 3.05) is 17.7 Å². The van der Waals surface area contributed by atoms with E-state index in [9.17, 15) is 27.7 Å². The quantitative estimate of drug-likeness (QED) is 0.507. The summed E-state index contributed by atoms with van der Waals surface area (Å²) in [5.41, 5.74) is -2.07. The fourth-order valence-electron chi connectivity index (χ4n) is 1.67. The van der Waals surface area contributed by atoms with Gasteiger partial charge < -0.3 is 10.6 Å². The van der Waals surface area contributed by atoms with Crippen molar-refractivity contribution in [1.82, 2.24) is 9.97 Å². The molecule has 0 atom stereocenters. The highest BCUT2D eigenvalue weighted by Crippen LogP contribution is 2.32.